The fourth-order valence-corrected chi connectivity index (χ4v) is 3.64. The van der Waals surface area contributed by atoms with Crippen LogP contribution in [0.25, 0.3) is 0 Å². The first kappa shape index (κ1) is 16.1. The molecule has 2 N–H and O–H groups in total. The van der Waals surface area contributed by atoms with Crippen LogP contribution in [-0.4, -0.2) is 42.4 Å². The predicted octanol–water partition coefficient (Wildman–Crippen LogP) is 2.55. The van der Waals surface area contributed by atoms with E-state index in [4.69, 9.17) is 17.0 Å². The van der Waals surface area contributed by atoms with E-state index >= 15 is 0 Å². The van der Waals surface area contributed by atoms with Crippen molar-refractivity contribution in [3.8, 4) is 0 Å². The smallest absolute Gasteiger partial charge is 0.166 e. The normalized spacial score (nSPS) is 20.2. The Bertz CT molecular complexity index is 255. The highest BCUT2D eigenvalue weighted by molar-refractivity contribution is 8.00. The van der Waals surface area contributed by atoms with Gasteiger partial charge >= 0.3 is 0 Å². The molecule has 0 aliphatic heterocycles. The summed E-state index contributed by atoms with van der Waals surface area (Å²) >= 11 is 7.31. The quantitative estimate of drug-likeness (QED) is 0.735. The van der Waals surface area contributed by atoms with Crippen LogP contribution in [0, 0.1) is 0 Å². The minimum atomic E-state index is 0.256. The standard InChI is InChI=1S/C13H26N2OS2/c1-11(9-16-2)15-12(17)14-10-13(18-3)7-5-4-6-8-13/h11H,4-10H2,1-3H3,(H2,14,15,17). The first-order chi connectivity index (χ1) is 8.62. The molecule has 0 aromatic carbocycles. The van der Waals surface area contributed by atoms with Crippen LogP contribution in [0.15, 0.2) is 0 Å². The highest BCUT2D eigenvalue weighted by Crippen LogP contribution is 2.37. The zero-order chi connectivity index (χ0) is 13.4. The highest BCUT2D eigenvalue weighted by atomic mass is 32.2. The summed E-state index contributed by atoms with van der Waals surface area (Å²) < 4.78 is 5.47. The van der Waals surface area contributed by atoms with Gasteiger partial charge in [-0.1, -0.05) is 19.3 Å². The van der Waals surface area contributed by atoms with Crippen molar-refractivity contribution >= 4 is 29.1 Å². The molecule has 1 saturated carbocycles. The molecule has 0 aromatic heterocycles. The fraction of sp³-hybridized carbons (Fsp3) is 0.923. The summed E-state index contributed by atoms with van der Waals surface area (Å²) in [6, 6.07) is 0.256. The zero-order valence-electron chi connectivity index (χ0n) is 11.8. The Morgan fingerprint density at radius 2 is 2.06 bits per heavy atom. The van der Waals surface area contributed by atoms with Crippen LogP contribution >= 0.6 is 24.0 Å². The van der Waals surface area contributed by atoms with Crippen LogP contribution in [-0.2, 0) is 4.74 Å². The molecule has 0 bridgehead atoms. The largest absolute Gasteiger partial charge is 0.383 e. The van der Waals surface area contributed by atoms with Crippen molar-refractivity contribution < 1.29 is 4.74 Å². The van der Waals surface area contributed by atoms with E-state index in [1.165, 1.54) is 32.1 Å². The molecule has 0 aromatic rings. The number of ether oxygens (including phenoxy) is 1. The summed E-state index contributed by atoms with van der Waals surface area (Å²) in [5, 5.41) is 7.37. The van der Waals surface area contributed by atoms with Crippen LogP contribution in [0.5, 0.6) is 0 Å². The first-order valence-electron chi connectivity index (χ1n) is 6.70. The topological polar surface area (TPSA) is 33.3 Å². The van der Waals surface area contributed by atoms with Crippen molar-refractivity contribution in [1.29, 1.82) is 0 Å². The van der Waals surface area contributed by atoms with Crippen molar-refractivity contribution in [3.05, 3.63) is 0 Å². The first-order valence-corrected chi connectivity index (χ1v) is 8.33. The van der Waals surface area contributed by atoms with Crippen LogP contribution in [0.4, 0.5) is 0 Å². The molecule has 0 heterocycles. The Morgan fingerprint density at radius 1 is 1.39 bits per heavy atom. The molecule has 1 aliphatic carbocycles. The highest BCUT2D eigenvalue weighted by Gasteiger charge is 2.31. The summed E-state index contributed by atoms with van der Waals surface area (Å²) in [6.07, 6.45) is 8.91. The summed E-state index contributed by atoms with van der Waals surface area (Å²) in [4.78, 5) is 0. The van der Waals surface area contributed by atoms with Crippen molar-refractivity contribution in [3.63, 3.8) is 0 Å². The van der Waals surface area contributed by atoms with Gasteiger partial charge in [0.2, 0.25) is 0 Å². The van der Waals surface area contributed by atoms with Crippen molar-refractivity contribution in [1.82, 2.24) is 10.6 Å². The number of hydrogen-bond acceptors (Lipinski definition) is 3. The predicted molar refractivity (Wildman–Crippen MR) is 84.4 cm³/mol. The summed E-state index contributed by atoms with van der Waals surface area (Å²) in [5.41, 5.74) is 0. The summed E-state index contributed by atoms with van der Waals surface area (Å²) in [7, 11) is 1.71. The Morgan fingerprint density at radius 3 is 2.61 bits per heavy atom. The summed E-state index contributed by atoms with van der Waals surface area (Å²) in [5.74, 6) is 0. The lowest BCUT2D eigenvalue weighted by molar-refractivity contribution is 0.179. The van der Waals surface area contributed by atoms with E-state index in [0.29, 0.717) is 11.4 Å². The molecule has 0 amide bonds. The molecule has 5 heteroatoms. The number of thioether (sulfide) groups is 1. The number of methoxy groups -OCH3 is 1. The maximum atomic E-state index is 5.32. The van der Waals surface area contributed by atoms with Crippen LogP contribution < -0.4 is 10.6 Å². The number of nitrogens with one attached hydrogen (secondary N) is 2. The van der Waals surface area contributed by atoms with Gasteiger partial charge in [-0.3, -0.25) is 0 Å². The molecular formula is C13H26N2OS2. The van der Waals surface area contributed by atoms with Crippen LogP contribution in [0.2, 0.25) is 0 Å². The van der Waals surface area contributed by atoms with Crippen LogP contribution in [0.3, 0.4) is 0 Å². The Labute approximate surface area is 121 Å². The minimum absolute atomic E-state index is 0.256. The zero-order valence-corrected chi connectivity index (χ0v) is 13.4. The lowest BCUT2D eigenvalue weighted by atomic mass is 9.88. The van der Waals surface area contributed by atoms with Gasteiger partial charge in [0.05, 0.1) is 6.61 Å². The monoisotopic (exact) mass is 290 g/mol. The van der Waals surface area contributed by atoms with Gasteiger partial charge < -0.3 is 15.4 Å². The molecular weight excluding hydrogens is 264 g/mol. The second-order valence-electron chi connectivity index (χ2n) is 5.13. The average molecular weight is 290 g/mol. The van der Waals surface area contributed by atoms with Gasteiger partial charge in [0.15, 0.2) is 5.11 Å². The molecule has 18 heavy (non-hydrogen) atoms. The van der Waals surface area contributed by atoms with Gasteiger partial charge in [-0.2, -0.15) is 11.8 Å². The molecule has 1 atom stereocenters. The Hall–Kier alpha value is 0. The van der Waals surface area contributed by atoms with E-state index < -0.39 is 0 Å². The molecule has 1 unspecified atom stereocenters. The summed E-state index contributed by atoms with van der Waals surface area (Å²) in [6.45, 7) is 3.72. The van der Waals surface area contributed by atoms with E-state index in [2.05, 4.69) is 23.8 Å². The fourth-order valence-electron chi connectivity index (χ4n) is 2.46. The van der Waals surface area contributed by atoms with Crippen molar-refractivity contribution in [2.45, 2.75) is 49.8 Å². The van der Waals surface area contributed by atoms with E-state index in [-0.39, 0.29) is 6.04 Å². The van der Waals surface area contributed by atoms with E-state index in [9.17, 15) is 0 Å². The van der Waals surface area contributed by atoms with Crippen LogP contribution in [0.1, 0.15) is 39.0 Å². The molecule has 1 rings (SSSR count). The van der Waals surface area contributed by atoms with Gasteiger partial charge in [-0.25, -0.2) is 0 Å². The minimum Gasteiger partial charge on any atom is -0.383 e. The van der Waals surface area contributed by atoms with E-state index in [0.717, 1.165) is 11.7 Å². The van der Waals surface area contributed by atoms with E-state index in [1.54, 1.807) is 7.11 Å². The molecule has 0 spiro atoms. The maximum absolute atomic E-state index is 5.32. The molecule has 1 fully saturated rings. The van der Waals surface area contributed by atoms with Gasteiger partial charge in [0.25, 0.3) is 0 Å². The van der Waals surface area contributed by atoms with Gasteiger partial charge in [-0.05, 0) is 38.2 Å². The molecule has 106 valence electrons. The van der Waals surface area contributed by atoms with Crippen molar-refractivity contribution in [2.75, 3.05) is 26.5 Å². The molecule has 3 nitrogen and oxygen atoms in total. The third-order valence-corrected chi connectivity index (χ3v) is 5.24. The number of thiocarbonyl (C=S) groups is 1. The molecule has 0 saturated heterocycles. The van der Waals surface area contributed by atoms with E-state index in [1.807, 2.05) is 11.8 Å². The Balaban J connectivity index is 2.31. The lowest BCUT2D eigenvalue weighted by Gasteiger charge is -2.36. The third kappa shape index (κ3) is 5.33. The number of rotatable bonds is 6. The van der Waals surface area contributed by atoms with Gasteiger partial charge in [0.1, 0.15) is 0 Å². The third-order valence-electron chi connectivity index (χ3n) is 3.56. The van der Waals surface area contributed by atoms with Gasteiger partial charge in [-0.15, -0.1) is 0 Å². The molecule has 1 aliphatic rings. The second kappa shape index (κ2) is 8.23. The maximum Gasteiger partial charge on any atom is 0.166 e. The Kier molecular flexibility index (Phi) is 7.34. The van der Waals surface area contributed by atoms with Crippen molar-refractivity contribution in [2.24, 2.45) is 0 Å². The second-order valence-corrected chi connectivity index (χ2v) is 6.81. The average Bonchev–Trinajstić information content (AvgIpc) is 2.38. The lowest BCUT2D eigenvalue weighted by Crippen LogP contribution is -2.48. The molecule has 0 radical (unpaired) electrons. The SMILES string of the molecule is COCC(C)NC(=S)NCC1(SC)CCCCC1. The number of hydrogen-bond donors (Lipinski definition) is 2. The van der Waals surface area contributed by atoms with Gasteiger partial charge in [0, 0.05) is 24.4 Å².